The van der Waals surface area contributed by atoms with Crippen molar-refractivity contribution < 1.29 is 9.59 Å². The monoisotopic (exact) mass is 577 g/mol. The van der Waals surface area contributed by atoms with Gasteiger partial charge in [0, 0.05) is 40.2 Å². The van der Waals surface area contributed by atoms with Crippen LogP contribution in [0.3, 0.4) is 0 Å². The number of benzene rings is 3. The fourth-order valence-corrected chi connectivity index (χ4v) is 6.75. The number of likely N-dealkylation sites (N-methyl/N-ethyl adjacent to an activating group) is 1. The Morgan fingerprint density at radius 1 is 0.925 bits per heavy atom. The van der Waals surface area contributed by atoms with Crippen LogP contribution < -0.4 is 5.32 Å². The van der Waals surface area contributed by atoms with Crippen molar-refractivity contribution in [2.45, 2.75) is 43.6 Å². The number of hydrogen-bond acceptors (Lipinski definition) is 3. The summed E-state index contributed by atoms with van der Waals surface area (Å²) in [5.41, 5.74) is 2.34. The topological polar surface area (TPSA) is 52.7 Å². The molecule has 2 fully saturated rings. The Bertz CT molecular complexity index is 1340. The van der Waals surface area contributed by atoms with Crippen LogP contribution in [0.25, 0.3) is 0 Å². The Hall–Kier alpha value is -2.86. The molecule has 0 unspecified atom stereocenters. The molecule has 40 heavy (non-hydrogen) atoms. The van der Waals surface area contributed by atoms with Gasteiger partial charge in [-0.1, -0.05) is 89.9 Å². The summed E-state index contributed by atoms with van der Waals surface area (Å²) in [6.07, 6.45) is 3.25. The predicted octanol–water partition coefficient (Wildman–Crippen LogP) is 6.08. The summed E-state index contributed by atoms with van der Waals surface area (Å²) in [7, 11) is 1.91. The highest BCUT2D eigenvalue weighted by Crippen LogP contribution is 2.56. The lowest BCUT2D eigenvalue weighted by Crippen LogP contribution is -2.53. The third-order valence-electron chi connectivity index (χ3n) is 8.78. The number of likely N-dealkylation sites (tertiary alicyclic amines) is 1. The number of rotatable bonds is 9. The Balaban J connectivity index is 1.31. The van der Waals surface area contributed by atoms with Crippen LogP contribution >= 0.6 is 23.2 Å². The fourth-order valence-electron chi connectivity index (χ4n) is 6.46. The highest BCUT2D eigenvalue weighted by molar-refractivity contribution is 6.42. The molecule has 1 saturated carbocycles. The zero-order valence-electron chi connectivity index (χ0n) is 23.2. The first-order valence-corrected chi connectivity index (χ1v) is 14.8. The van der Waals surface area contributed by atoms with Crippen LogP contribution in [0.1, 0.15) is 42.9 Å². The molecule has 1 heterocycles. The molecule has 1 aliphatic carbocycles. The summed E-state index contributed by atoms with van der Waals surface area (Å²) in [6.45, 7) is 4.76. The largest absolute Gasteiger partial charge is 0.347 e. The van der Waals surface area contributed by atoms with E-state index in [1.165, 1.54) is 5.56 Å². The number of hydrogen-bond donors (Lipinski definition) is 1. The summed E-state index contributed by atoms with van der Waals surface area (Å²) in [5, 5.41) is 4.23. The number of amides is 2. The molecule has 5 nitrogen and oxygen atoms in total. The molecule has 7 heteroatoms. The van der Waals surface area contributed by atoms with E-state index in [-0.39, 0.29) is 23.3 Å². The Morgan fingerprint density at radius 3 is 2.20 bits per heavy atom. The lowest BCUT2D eigenvalue weighted by atomic mass is 9.80. The van der Waals surface area contributed by atoms with Gasteiger partial charge in [-0.25, -0.2) is 0 Å². The van der Waals surface area contributed by atoms with Crippen LogP contribution in [0, 0.1) is 5.92 Å². The van der Waals surface area contributed by atoms with E-state index in [1.54, 1.807) is 13.0 Å². The number of piperidine rings is 1. The standard InChI is InChI=1S/C33H37Cl2N3O2/c1-24(39)36-32(26-11-7-4-8-12-26)16-19-38(20-17-32)23-28-22-33(28,27-13-14-29(34)30(35)21-27)31(40)37(2)18-15-25-9-5-3-6-10-25/h3-14,21,28H,15-20,22-23H2,1-2H3,(H,36,39)/t28-,33+/m0/s1. The number of nitrogens with zero attached hydrogens (tertiary/aromatic N) is 2. The molecule has 1 aliphatic heterocycles. The summed E-state index contributed by atoms with van der Waals surface area (Å²) < 4.78 is 0. The van der Waals surface area contributed by atoms with Crippen LogP contribution in [0.4, 0.5) is 0 Å². The van der Waals surface area contributed by atoms with Gasteiger partial charge in [0.05, 0.1) is 21.0 Å². The van der Waals surface area contributed by atoms with Gasteiger partial charge in [-0.05, 0) is 60.4 Å². The second-order valence-corrected chi connectivity index (χ2v) is 12.2. The molecule has 2 aliphatic rings. The van der Waals surface area contributed by atoms with E-state index < -0.39 is 5.41 Å². The van der Waals surface area contributed by atoms with E-state index in [1.807, 2.05) is 60.5 Å². The molecular weight excluding hydrogens is 541 g/mol. The van der Waals surface area contributed by atoms with Crippen molar-refractivity contribution in [3.63, 3.8) is 0 Å². The van der Waals surface area contributed by atoms with Gasteiger partial charge in [0.25, 0.3) is 0 Å². The first-order chi connectivity index (χ1) is 19.2. The smallest absolute Gasteiger partial charge is 0.233 e. The van der Waals surface area contributed by atoms with Crippen molar-refractivity contribution in [3.05, 3.63) is 106 Å². The average molecular weight is 579 g/mol. The lowest BCUT2D eigenvalue weighted by molar-refractivity contribution is -0.133. The molecule has 2 amide bonds. The molecule has 210 valence electrons. The number of carbonyl (C=O) groups is 2. The molecule has 3 aromatic rings. The fraction of sp³-hybridized carbons (Fsp3) is 0.394. The maximum absolute atomic E-state index is 14.1. The summed E-state index contributed by atoms with van der Waals surface area (Å²) in [5.74, 6) is 0.310. The van der Waals surface area contributed by atoms with E-state index in [4.69, 9.17) is 23.2 Å². The van der Waals surface area contributed by atoms with Gasteiger partial charge in [-0.2, -0.15) is 0 Å². The zero-order valence-corrected chi connectivity index (χ0v) is 24.7. The Labute approximate surface area is 247 Å². The lowest BCUT2D eigenvalue weighted by Gasteiger charge is -2.43. The normalized spacial score (nSPS) is 21.9. The minimum Gasteiger partial charge on any atom is -0.347 e. The molecule has 3 aromatic carbocycles. The van der Waals surface area contributed by atoms with Crippen LogP contribution in [0.15, 0.2) is 78.9 Å². The molecule has 0 aromatic heterocycles. The SMILES string of the molecule is CC(=O)NC1(c2ccccc2)CCN(C[C@@H]2C[C@@]2(C(=O)N(C)CCc2ccccc2)c2ccc(Cl)c(Cl)c2)CC1. The highest BCUT2D eigenvalue weighted by Gasteiger charge is 2.62. The Kier molecular flexibility index (Phi) is 8.55. The summed E-state index contributed by atoms with van der Waals surface area (Å²) >= 11 is 12.7. The van der Waals surface area contributed by atoms with E-state index in [0.29, 0.717) is 16.6 Å². The van der Waals surface area contributed by atoms with Crippen LogP contribution in [0.5, 0.6) is 0 Å². The van der Waals surface area contributed by atoms with E-state index in [2.05, 4.69) is 34.5 Å². The molecule has 1 N–H and O–H groups in total. The van der Waals surface area contributed by atoms with Gasteiger partial charge in [-0.15, -0.1) is 0 Å². The number of nitrogens with one attached hydrogen (secondary N) is 1. The Morgan fingerprint density at radius 2 is 1.57 bits per heavy atom. The van der Waals surface area contributed by atoms with Crippen LogP contribution in [0.2, 0.25) is 10.0 Å². The van der Waals surface area contributed by atoms with Gasteiger partial charge < -0.3 is 15.1 Å². The van der Waals surface area contributed by atoms with Crippen molar-refractivity contribution in [3.8, 4) is 0 Å². The van der Waals surface area contributed by atoms with Crippen LogP contribution in [-0.2, 0) is 27.0 Å². The van der Waals surface area contributed by atoms with E-state index in [9.17, 15) is 9.59 Å². The van der Waals surface area contributed by atoms with Crippen molar-refractivity contribution in [1.29, 1.82) is 0 Å². The van der Waals surface area contributed by atoms with Gasteiger partial charge in [0.1, 0.15) is 0 Å². The van der Waals surface area contributed by atoms with Gasteiger partial charge in [0.15, 0.2) is 0 Å². The first-order valence-electron chi connectivity index (χ1n) is 14.1. The second kappa shape index (κ2) is 11.9. The van der Waals surface area contributed by atoms with Gasteiger partial charge in [-0.3, -0.25) is 9.59 Å². The highest BCUT2D eigenvalue weighted by atomic mass is 35.5. The van der Waals surface area contributed by atoms with E-state index in [0.717, 1.165) is 56.4 Å². The minimum absolute atomic E-state index is 0.0118. The van der Waals surface area contributed by atoms with Crippen molar-refractivity contribution in [1.82, 2.24) is 15.1 Å². The van der Waals surface area contributed by atoms with Gasteiger partial charge in [0.2, 0.25) is 11.8 Å². The van der Waals surface area contributed by atoms with Crippen molar-refractivity contribution in [2.75, 3.05) is 33.2 Å². The molecular formula is C33H37Cl2N3O2. The minimum atomic E-state index is -0.606. The van der Waals surface area contributed by atoms with Crippen LogP contribution in [-0.4, -0.2) is 54.8 Å². The van der Waals surface area contributed by atoms with Crippen molar-refractivity contribution in [2.24, 2.45) is 5.92 Å². The maximum atomic E-state index is 14.1. The maximum Gasteiger partial charge on any atom is 0.233 e. The number of halogens is 2. The summed E-state index contributed by atoms with van der Waals surface area (Å²) in [4.78, 5) is 30.6. The zero-order chi connectivity index (χ0) is 28.3. The van der Waals surface area contributed by atoms with E-state index >= 15 is 0 Å². The predicted molar refractivity (Wildman–Crippen MR) is 162 cm³/mol. The molecule has 2 atom stereocenters. The molecule has 0 radical (unpaired) electrons. The molecule has 1 saturated heterocycles. The quantitative estimate of drug-likeness (QED) is 0.335. The first kappa shape index (κ1) is 28.7. The molecule has 5 rings (SSSR count). The molecule has 0 bridgehead atoms. The third kappa shape index (κ3) is 5.93. The third-order valence-corrected chi connectivity index (χ3v) is 9.52. The second-order valence-electron chi connectivity index (χ2n) is 11.4. The summed E-state index contributed by atoms with van der Waals surface area (Å²) in [6, 6.07) is 26.2. The average Bonchev–Trinajstić information content (AvgIpc) is 3.69. The molecule has 0 spiro atoms. The van der Waals surface area contributed by atoms with Crippen molar-refractivity contribution >= 4 is 35.0 Å². The number of carbonyl (C=O) groups excluding carboxylic acids is 2. The van der Waals surface area contributed by atoms with Gasteiger partial charge >= 0.3 is 0 Å².